The summed E-state index contributed by atoms with van der Waals surface area (Å²) in [6, 6.07) is 4.99. The predicted octanol–water partition coefficient (Wildman–Crippen LogP) is 4.70. The number of alkyl halides is 2. The van der Waals surface area contributed by atoms with Gasteiger partial charge in [0.15, 0.2) is 0 Å². The summed E-state index contributed by atoms with van der Waals surface area (Å²) in [5, 5.41) is 25.7. The number of nitrogens with zero attached hydrogens (tertiary/aromatic N) is 3. The number of hydrogen-bond acceptors (Lipinski definition) is 7. The normalized spacial score (nSPS) is 17.6. The van der Waals surface area contributed by atoms with Gasteiger partial charge in [-0.3, -0.25) is 4.79 Å². The van der Waals surface area contributed by atoms with Crippen LogP contribution in [-0.2, 0) is 16.8 Å². The van der Waals surface area contributed by atoms with Crippen molar-refractivity contribution in [1.29, 1.82) is 0 Å². The Morgan fingerprint density at radius 2 is 1.88 bits per heavy atom. The van der Waals surface area contributed by atoms with E-state index in [0.29, 0.717) is 46.9 Å². The number of likely N-dealkylation sites (tertiary alicyclic amines) is 1. The molecule has 0 bridgehead atoms. The van der Waals surface area contributed by atoms with Crippen LogP contribution >= 0.6 is 0 Å². The summed E-state index contributed by atoms with van der Waals surface area (Å²) >= 11 is 0. The van der Waals surface area contributed by atoms with Gasteiger partial charge >= 0.3 is 0 Å². The first-order chi connectivity index (χ1) is 18.8. The van der Waals surface area contributed by atoms with Crippen molar-refractivity contribution >= 4 is 22.6 Å². The molecule has 0 radical (unpaired) electrons. The van der Waals surface area contributed by atoms with Gasteiger partial charge in [0, 0.05) is 41.6 Å². The van der Waals surface area contributed by atoms with E-state index in [0.717, 1.165) is 11.6 Å². The Labute approximate surface area is 230 Å². The number of anilines is 1. The second-order valence-electron chi connectivity index (χ2n) is 11.1. The Kier molecular flexibility index (Phi) is 7.16. The molecule has 40 heavy (non-hydrogen) atoms. The summed E-state index contributed by atoms with van der Waals surface area (Å²) in [6.45, 7) is 7.18. The molecule has 214 valence electrons. The Bertz CT molecular complexity index is 1470. The van der Waals surface area contributed by atoms with Crippen LogP contribution in [0.4, 0.5) is 19.0 Å². The highest BCUT2D eigenvalue weighted by Crippen LogP contribution is 2.46. The zero-order valence-corrected chi connectivity index (χ0v) is 22.9. The highest BCUT2D eigenvalue weighted by Gasteiger charge is 2.42. The smallest absolute Gasteiger partial charge is 0.266 e. The number of nitrogens with one attached hydrogen (secondary N) is 1. The number of carbonyl (C=O) groups excluding carboxylic acids is 1. The highest BCUT2D eigenvalue weighted by atomic mass is 19.3. The molecule has 0 spiro atoms. The standard InChI is InChI=1S/C29H33F3N4O4/c1-15(17-6-5-7-18(22(17)30)25(31)32)33-26-20-14-21(24-19(8-13-40-24)23(20)34-16(2)35-26)29(39)9-11-36(12-10-29)27(37)28(3,4)38/h5-7,14-15,25,38-39H,8-13H2,1-4H3,(H,33,34,35). The largest absolute Gasteiger partial charge is 0.492 e. The van der Waals surface area contributed by atoms with E-state index >= 15 is 0 Å². The molecule has 3 heterocycles. The molecule has 11 heteroatoms. The maximum absolute atomic E-state index is 14.9. The molecule has 2 aromatic carbocycles. The summed E-state index contributed by atoms with van der Waals surface area (Å²) in [6.07, 6.45) is -1.91. The van der Waals surface area contributed by atoms with Crippen LogP contribution in [0.2, 0.25) is 0 Å². The fourth-order valence-electron chi connectivity index (χ4n) is 5.63. The second kappa shape index (κ2) is 10.2. The maximum atomic E-state index is 14.9. The monoisotopic (exact) mass is 558 g/mol. The van der Waals surface area contributed by atoms with Gasteiger partial charge in [-0.25, -0.2) is 23.1 Å². The van der Waals surface area contributed by atoms with Gasteiger partial charge in [0.25, 0.3) is 12.3 Å². The molecule has 1 amide bonds. The van der Waals surface area contributed by atoms with Crippen molar-refractivity contribution < 1.29 is 32.9 Å². The first kappa shape index (κ1) is 28.1. The van der Waals surface area contributed by atoms with E-state index in [4.69, 9.17) is 4.74 Å². The SMILES string of the molecule is Cc1nc(NC(C)c2cccc(C(F)F)c2F)c2cc(C3(O)CCN(C(=O)C(C)(C)O)CC3)c3c(c2n1)CCO3. The fraction of sp³-hybridized carbons (Fsp3) is 0.483. The van der Waals surface area contributed by atoms with Crippen LogP contribution < -0.4 is 10.1 Å². The van der Waals surface area contributed by atoms with Crippen LogP contribution in [0.3, 0.4) is 0 Å². The van der Waals surface area contributed by atoms with E-state index in [1.54, 1.807) is 24.8 Å². The third-order valence-corrected chi connectivity index (χ3v) is 7.76. The average Bonchev–Trinajstić information content (AvgIpc) is 3.38. The van der Waals surface area contributed by atoms with Crippen molar-refractivity contribution in [2.75, 3.05) is 25.0 Å². The number of benzene rings is 2. The predicted molar refractivity (Wildman–Crippen MR) is 143 cm³/mol. The summed E-state index contributed by atoms with van der Waals surface area (Å²) < 4.78 is 47.5. The van der Waals surface area contributed by atoms with Crippen molar-refractivity contribution in [3.8, 4) is 5.75 Å². The molecule has 2 aliphatic heterocycles. The van der Waals surface area contributed by atoms with Crippen LogP contribution in [0.15, 0.2) is 24.3 Å². The minimum Gasteiger partial charge on any atom is -0.492 e. The third kappa shape index (κ3) is 4.96. The molecule has 2 aliphatic rings. The van der Waals surface area contributed by atoms with Gasteiger partial charge in [-0.1, -0.05) is 18.2 Å². The number of fused-ring (bicyclic) bond motifs is 3. The Morgan fingerprint density at radius 1 is 1.20 bits per heavy atom. The van der Waals surface area contributed by atoms with E-state index in [2.05, 4.69) is 15.3 Å². The van der Waals surface area contributed by atoms with Gasteiger partial charge in [-0.2, -0.15) is 0 Å². The Morgan fingerprint density at radius 3 is 2.52 bits per heavy atom. The van der Waals surface area contributed by atoms with Gasteiger partial charge < -0.3 is 25.2 Å². The minimum absolute atomic E-state index is 0.0782. The van der Waals surface area contributed by atoms with E-state index in [1.165, 1.54) is 26.0 Å². The van der Waals surface area contributed by atoms with Gasteiger partial charge in [0.1, 0.15) is 28.8 Å². The lowest BCUT2D eigenvalue weighted by Crippen LogP contribution is -2.51. The first-order valence-electron chi connectivity index (χ1n) is 13.3. The number of carbonyl (C=O) groups is 1. The molecular weight excluding hydrogens is 525 g/mol. The van der Waals surface area contributed by atoms with Crippen LogP contribution in [0, 0.1) is 12.7 Å². The summed E-state index contributed by atoms with van der Waals surface area (Å²) in [5.41, 5.74) is -1.40. The summed E-state index contributed by atoms with van der Waals surface area (Å²) in [4.78, 5) is 23.3. The number of rotatable bonds is 6. The van der Waals surface area contributed by atoms with E-state index in [1.807, 2.05) is 0 Å². The highest BCUT2D eigenvalue weighted by molar-refractivity contribution is 5.94. The quantitative estimate of drug-likeness (QED) is 0.403. The summed E-state index contributed by atoms with van der Waals surface area (Å²) in [7, 11) is 0. The number of ether oxygens (including phenoxy) is 1. The Balaban J connectivity index is 1.54. The van der Waals surface area contributed by atoms with E-state index < -0.39 is 41.0 Å². The molecule has 0 aliphatic carbocycles. The molecule has 0 saturated carbocycles. The number of hydrogen-bond donors (Lipinski definition) is 3. The van der Waals surface area contributed by atoms with Crippen molar-refractivity contribution in [3.05, 3.63) is 58.2 Å². The molecule has 1 aromatic heterocycles. The average molecular weight is 559 g/mol. The van der Waals surface area contributed by atoms with E-state index in [-0.39, 0.29) is 31.5 Å². The molecule has 1 fully saturated rings. The molecule has 8 nitrogen and oxygen atoms in total. The number of aliphatic hydroxyl groups is 2. The lowest BCUT2D eigenvalue weighted by molar-refractivity contribution is -0.152. The van der Waals surface area contributed by atoms with Crippen LogP contribution in [0.5, 0.6) is 5.75 Å². The Hall–Kier alpha value is -3.44. The molecule has 5 rings (SSSR count). The molecule has 3 N–H and O–H groups in total. The second-order valence-corrected chi connectivity index (χ2v) is 11.1. The van der Waals surface area contributed by atoms with Crippen molar-refractivity contribution in [3.63, 3.8) is 0 Å². The lowest BCUT2D eigenvalue weighted by atomic mass is 9.82. The molecule has 1 unspecified atom stereocenters. The topological polar surface area (TPSA) is 108 Å². The zero-order chi connectivity index (χ0) is 29.0. The van der Waals surface area contributed by atoms with Gasteiger partial charge in [-0.15, -0.1) is 0 Å². The third-order valence-electron chi connectivity index (χ3n) is 7.76. The van der Waals surface area contributed by atoms with E-state index in [9.17, 15) is 28.2 Å². The molecule has 1 saturated heterocycles. The van der Waals surface area contributed by atoms with Gasteiger partial charge in [-0.05, 0) is 46.6 Å². The van der Waals surface area contributed by atoms with Crippen LogP contribution in [-0.4, -0.2) is 56.3 Å². The molecular formula is C29H33F3N4O4. The number of aryl methyl sites for hydroxylation is 1. The van der Waals surface area contributed by atoms with Crippen LogP contribution in [0.1, 0.15) is 74.2 Å². The summed E-state index contributed by atoms with van der Waals surface area (Å²) in [5.74, 6) is 0.0327. The zero-order valence-electron chi connectivity index (χ0n) is 22.9. The van der Waals surface area contributed by atoms with Gasteiger partial charge in [0.2, 0.25) is 0 Å². The van der Waals surface area contributed by atoms with Crippen LogP contribution in [0.25, 0.3) is 10.9 Å². The number of amides is 1. The maximum Gasteiger partial charge on any atom is 0.266 e. The first-order valence-corrected chi connectivity index (χ1v) is 13.3. The van der Waals surface area contributed by atoms with Crippen molar-refractivity contribution in [1.82, 2.24) is 14.9 Å². The molecule has 1 atom stereocenters. The van der Waals surface area contributed by atoms with Crippen molar-refractivity contribution in [2.45, 2.75) is 70.6 Å². The van der Waals surface area contributed by atoms with Crippen molar-refractivity contribution in [2.24, 2.45) is 0 Å². The number of aromatic nitrogens is 2. The number of piperidine rings is 1. The fourth-order valence-corrected chi connectivity index (χ4v) is 5.63. The van der Waals surface area contributed by atoms with Gasteiger partial charge in [0.05, 0.1) is 29.3 Å². The molecule has 3 aromatic rings. The number of halogens is 3. The lowest BCUT2D eigenvalue weighted by Gasteiger charge is -2.40. The minimum atomic E-state index is -2.94.